The Morgan fingerprint density at radius 1 is 1.22 bits per heavy atom. The van der Waals surface area contributed by atoms with Crippen LogP contribution in [0.4, 0.5) is 8.78 Å². The van der Waals surface area contributed by atoms with Gasteiger partial charge in [-0.2, -0.15) is 0 Å². The highest BCUT2D eigenvalue weighted by Crippen LogP contribution is 2.24. The molecule has 0 amide bonds. The van der Waals surface area contributed by atoms with Crippen molar-refractivity contribution in [3.63, 3.8) is 0 Å². The molecule has 0 saturated carbocycles. The third-order valence-corrected chi connectivity index (χ3v) is 2.54. The van der Waals surface area contributed by atoms with E-state index in [0.717, 1.165) is 12.0 Å². The van der Waals surface area contributed by atoms with Gasteiger partial charge in [-0.05, 0) is 23.5 Å². The summed E-state index contributed by atoms with van der Waals surface area (Å²) in [6.45, 7) is 4.18. The first-order chi connectivity index (χ1) is 8.28. The second-order valence-electron chi connectivity index (χ2n) is 5.02. The molecule has 0 saturated heterocycles. The largest absolute Gasteiger partial charge is 0.481 e. The summed E-state index contributed by atoms with van der Waals surface area (Å²) in [5.74, 6) is -4.15. The fourth-order valence-electron chi connectivity index (χ4n) is 1.85. The molecule has 0 fully saturated rings. The van der Waals surface area contributed by atoms with Crippen molar-refractivity contribution in [1.29, 1.82) is 0 Å². The Bertz CT molecular complexity index is 397. The van der Waals surface area contributed by atoms with Crippen molar-refractivity contribution in [2.24, 2.45) is 5.92 Å². The van der Waals surface area contributed by atoms with Crippen LogP contribution in [0.2, 0.25) is 0 Å². The van der Waals surface area contributed by atoms with E-state index in [1.807, 2.05) is 12.1 Å². The van der Waals surface area contributed by atoms with Crippen molar-refractivity contribution in [2.45, 2.75) is 39.0 Å². The van der Waals surface area contributed by atoms with Crippen molar-refractivity contribution >= 4 is 5.97 Å². The van der Waals surface area contributed by atoms with Gasteiger partial charge < -0.3 is 5.11 Å². The molecule has 4 heteroatoms. The summed E-state index contributed by atoms with van der Waals surface area (Å²) in [5.41, 5.74) is 1.57. The van der Waals surface area contributed by atoms with Crippen LogP contribution >= 0.6 is 0 Å². The topological polar surface area (TPSA) is 37.3 Å². The number of carboxylic acids is 1. The normalized spacial score (nSPS) is 11.8. The minimum Gasteiger partial charge on any atom is -0.481 e. The highest BCUT2D eigenvalue weighted by atomic mass is 19.3. The first-order valence-corrected chi connectivity index (χ1v) is 5.96. The number of alkyl halides is 2. The van der Waals surface area contributed by atoms with Gasteiger partial charge in [0.2, 0.25) is 0 Å². The van der Waals surface area contributed by atoms with Crippen LogP contribution < -0.4 is 0 Å². The first-order valence-electron chi connectivity index (χ1n) is 5.96. The molecule has 100 valence electrons. The number of rotatable bonds is 6. The van der Waals surface area contributed by atoms with E-state index in [2.05, 4.69) is 13.8 Å². The molecule has 1 aromatic rings. The second kappa shape index (κ2) is 5.94. The predicted molar refractivity (Wildman–Crippen MR) is 65.9 cm³/mol. The van der Waals surface area contributed by atoms with Crippen molar-refractivity contribution in [3.05, 3.63) is 35.4 Å². The molecule has 1 N–H and O–H groups in total. The van der Waals surface area contributed by atoms with Crippen LogP contribution in [0.1, 0.15) is 31.4 Å². The quantitative estimate of drug-likeness (QED) is 0.845. The first kappa shape index (κ1) is 14.6. The van der Waals surface area contributed by atoms with Crippen LogP contribution in [-0.4, -0.2) is 17.0 Å². The molecular weight excluding hydrogens is 238 g/mol. The zero-order valence-electron chi connectivity index (χ0n) is 10.6. The SMILES string of the molecule is CC(C)Cc1ccc(CC(F)(F)CC(=O)O)cc1. The van der Waals surface area contributed by atoms with E-state index in [9.17, 15) is 13.6 Å². The standard InChI is InChI=1S/C14H18F2O2/c1-10(2)7-11-3-5-12(6-4-11)8-14(15,16)9-13(17)18/h3-6,10H,7-9H2,1-2H3,(H,17,18). The van der Waals surface area contributed by atoms with Gasteiger partial charge in [-0.3, -0.25) is 4.79 Å². The Balaban J connectivity index is 2.65. The van der Waals surface area contributed by atoms with Gasteiger partial charge in [0.25, 0.3) is 5.92 Å². The van der Waals surface area contributed by atoms with E-state index in [1.165, 1.54) is 0 Å². The molecule has 0 heterocycles. The van der Waals surface area contributed by atoms with Gasteiger partial charge in [0.05, 0.1) is 0 Å². The van der Waals surface area contributed by atoms with Crippen molar-refractivity contribution in [2.75, 3.05) is 0 Å². The maximum Gasteiger partial charge on any atom is 0.309 e. The lowest BCUT2D eigenvalue weighted by molar-refractivity contribution is -0.144. The zero-order valence-corrected chi connectivity index (χ0v) is 10.6. The fourth-order valence-corrected chi connectivity index (χ4v) is 1.85. The van der Waals surface area contributed by atoms with Gasteiger partial charge >= 0.3 is 5.97 Å². The van der Waals surface area contributed by atoms with Gasteiger partial charge in [0.15, 0.2) is 0 Å². The predicted octanol–water partition coefficient (Wildman–Crippen LogP) is 3.54. The number of halogens is 2. The van der Waals surface area contributed by atoms with Crippen LogP contribution in [-0.2, 0) is 17.6 Å². The molecule has 18 heavy (non-hydrogen) atoms. The van der Waals surface area contributed by atoms with E-state index in [4.69, 9.17) is 5.11 Å². The average molecular weight is 256 g/mol. The number of aliphatic carboxylic acids is 1. The van der Waals surface area contributed by atoms with E-state index in [1.54, 1.807) is 12.1 Å². The minimum absolute atomic E-state index is 0.466. The molecule has 0 radical (unpaired) electrons. The van der Waals surface area contributed by atoms with Gasteiger partial charge in [-0.15, -0.1) is 0 Å². The van der Waals surface area contributed by atoms with E-state index in [-0.39, 0.29) is 0 Å². The summed E-state index contributed by atoms with van der Waals surface area (Å²) in [4.78, 5) is 10.3. The molecule has 0 spiro atoms. The van der Waals surface area contributed by atoms with Crippen LogP contribution in [0.25, 0.3) is 0 Å². The third kappa shape index (κ3) is 5.25. The van der Waals surface area contributed by atoms with Gasteiger partial charge in [-0.25, -0.2) is 8.78 Å². The van der Waals surface area contributed by atoms with Gasteiger partial charge in [-0.1, -0.05) is 38.1 Å². The smallest absolute Gasteiger partial charge is 0.309 e. The summed E-state index contributed by atoms with van der Waals surface area (Å²) < 4.78 is 26.6. The molecule has 0 unspecified atom stereocenters. The van der Waals surface area contributed by atoms with E-state index in [0.29, 0.717) is 11.5 Å². The second-order valence-corrected chi connectivity index (χ2v) is 5.02. The van der Waals surface area contributed by atoms with Crippen LogP contribution in [0, 0.1) is 5.92 Å². The zero-order chi connectivity index (χ0) is 13.8. The lowest BCUT2D eigenvalue weighted by Crippen LogP contribution is -2.23. The molecule has 2 nitrogen and oxygen atoms in total. The van der Waals surface area contributed by atoms with Crippen molar-refractivity contribution in [1.82, 2.24) is 0 Å². The molecule has 0 bridgehead atoms. The van der Waals surface area contributed by atoms with Crippen LogP contribution in [0.3, 0.4) is 0 Å². The lowest BCUT2D eigenvalue weighted by atomic mass is 9.99. The minimum atomic E-state index is -3.19. The number of carbonyl (C=O) groups is 1. The summed E-state index contributed by atoms with van der Waals surface area (Å²) in [5, 5.41) is 8.39. The molecule has 1 aromatic carbocycles. The fraction of sp³-hybridized carbons (Fsp3) is 0.500. The highest BCUT2D eigenvalue weighted by Gasteiger charge is 2.32. The lowest BCUT2D eigenvalue weighted by Gasteiger charge is -2.14. The maximum absolute atomic E-state index is 13.3. The summed E-state index contributed by atoms with van der Waals surface area (Å²) in [6, 6.07) is 6.94. The van der Waals surface area contributed by atoms with Crippen molar-refractivity contribution < 1.29 is 18.7 Å². The Labute approximate surface area is 106 Å². The van der Waals surface area contributed by atoms with Crippen LogP contribution in [0.5, 0.6) is 0 Å². The Morgan fingerprint density at radius 3 is 2.17 bits per heavy atom. The number of hydrogen-bond donors (Lipinski definition) is 1. The highest BCUT2D eigenvalue weighted by molar-refractivity contribution is 5.67. The summed E-state index contributed by atoms with van der Waals surface area (Å²) >= 11 is 0. The monoisotopic (exact) mass is 256 g/mol. The van der Waals surface area contributed by atoms with E-state index >= 15 is 0 Å². The molecule has 0 atom stereocenters. The maximum atomic E-state index is 13.3. The summed E-state index contributed by atoms with van der Waals surface area (Å²) in [7, 11) is 0. The molecule has 0 aromatic heterocycles. The molecule has 0 aliphatic carbocycles. The molecule has 0 aliphatic heterocycles. The molecule has 1 rings (SSSR count). The number of hydrogen-bond acceptors (Lipinski definition) is 1. The third-order valence-electron chi connectivity index (χ3n) is 2.54. The van der Waals surface area contributed by atoms with Crippen molar-refractivity contribution in [3.8, 4) is 0 Å². The van der Waals surface area contributed by atoms with Crippen LogP contribution in [0.15, 0.2) is 24.3 Å². The Hall–Kier alpha value is -1.45. The van der Waals surface area contributed by atoms with E-state index < -0.39 is 24.7 Å². The summed E-state index contributed by atoms with van der Waals surface area (Å²) in [6.07, 6.45) is -0.742. The number of carboxylic acid groups (broad SMARTS) is 1. The Morgan fingerprint density at radius 2 is 1.72 bits per heavy atom. The van der Waals surface area contributed by atoms with Gasteiger partial charge in [0.1, 0.15) is 6.42 Å². The molecular formula is C14H18F2O2. The van der Waals surface area contributed by atoms with Gasteiger partial charge in [0, 0.05) is 6.42 Å². The average Bonchev–Trinajstić information content (AvgIpc) is 2.17. The Kier molecular flexibility index (Phi) is 4.82. The molecule has 0 aliphatic rings. The number of benzene rings is 1.